The Kier molecular flexibility index (Phi) is 8.36. The highest BCUT2D eigenvalue weighted by Crippen LogP contribution is 2.31. The molecule has 0 bridgehead atoms. The van der Waals surface area contributed by atoms with Crippen molar-refractivity contribution < 1.29 is 4.74 Å². The molecule has 0 amide bonds. The summed E-state index contributed by atoms with van der Waals surface area (Å²) in [6.45, 7) is 7.89. The lowest BCUT2D eigenvalue weighted by Gasteiger charge is -2.32. The Morgan fingerprint density at radius 1 is 1.02 bits per heavy atom. The maximum atomic E-state index is 6.01. The lowest BCUT2D eigenvalue weighted by molar-refractivity contribution is 0.199. The van der Waals surface area contributed by atoms with Gasteiger partial charge in [0.15, 0.2) is 5.82 Å². The van der Waals surface area contributed by atoms with Crippen LogP contribution in [0.15, 0.2) is 30.5 Å². The number of fused-ring (bicyclic) bond motifs is 2. The number of anilines is 2. The number of unbranched alkanes of at least 4 members (excludes halogenated alkanes) is 2. The van der Waals surface area contributed by atoms with E-state index in [4.69, 9.17) is 10.5 Å². The maximum Gasteiger partial charge on any atom is 0.222 e. The minimum atomic E-state index is 0.292. The number of hydrogen-bond donors (Lipinski definition) is 2. The Bertz CT molecular complexity index is 1470. The van der Waals surface area contributed by atoms with Gasteiger partial charge in [-0.15, -0.1) is 10.2 Å². The van der Waals surface area contributed by atoms with E-state index in [-0.39, 0.29) is 0 Å². The molecule has 4 aromatic rings. The number of nitrogens with zero attached hydrogens (tertiary/aromatic N) is 7. The van der Waals surface area contributed by atoms with Crippen molar-refractivity contribution in [3.63, 3.8) is 0 Å². The van der Waals surface area contributed by atoms with Gasteiger partial charge in [-0.25, -0.2) is 4.98 Å². The average molecular weight is 558 g/mol. The molecular weight excluding hydrogens is 514 g/mol. The summed E-state index contributed by atoms with van der Waals surface area (Å²) in [6, 6.07) is 8.63. The molecule has 2 aliphatic heterocycles. The Balaban J connectivity index is 1.12. The highest BCUT2D eigenvalue weighted by atomic mass is 16.5. The van der Waals surface area contributed by atoms with Gasteiger partial charge in [0.25, 0.3) is 0 Å². The summed E-state index contributed by atoms with van der Waals surface area (Å²) in [5.74, 6) is 4.91. The van der Waals surface area contributed by atoms with Crippen LogP contribution in [0, 0.1) is 0 Å². The SMILES string of the molecule is CCCCCNc1nc(N)nc2ccn(Cc3ccc(CN4CCC(c5nnc6n5CCCC6)CC4)cc3OC)c12. The fraction of sp³-hybridized carbons (Fsp3) is 0.548. The molecule has 0 saturated carbocycles. The fourth-order valence-corrected chi connectivity index (χ4v) is 6.40. The topological polar surface area (TPSA) is 112 Å². The molecule has 0 spiro atoms. The van der Waals surface area contributed by atoms with Crippen molar-refractivity contribution in [1.29, 1.82) is 0 Å². The zero-order chi connectivity index (χ0) is 28.2. The van der Waals surface area contributed by atoms with Gasteiger partial charge in [-0.1, -0.05) is 31.9 Å². The first-order valence-electron chi connectivity index (χ1n) is 15.3. The molecule has 3 N–H and O–H groups in total. The predicted octanol–water partition coefficient (Wildman–Crippen LogP) is 4.98. The number of nitrogens with one attached hydrogen (secondary N) is 1. The molecule has 10 nitrogen and oxygen atoms in total. The highest BCUT2D eigenvalue weighted by Gasteiger charge is 2.27. The van der Waals surface area contributed by atoms with E-state index < -0.39 is 0 Å². The molecule has 1 aromatic carbocycles. The number of likely N-dealkylation sites (tertiary alicyclic amines) is 1. The highest BCUT2D eigenvalue weighted by molar-refractivity contribution is 5.87. The van der Waals surface area contributed by atoms with Crippen LogP contribution >= 0.6 is 0 Å². The van der Waals surface area contributed by atoms with Gasteiger partial charge in [0.05, 0.1) is 19.2 Å². The molecule has 2 aliphatic rings. The van der Waals surface area contributed by atoms with Crippen LogP contribution in [-0.2, 0) is 26.1 Å². The Labute approximate surface area is 242 Å². The van der Waals surface area contributed by atoms with Gasteiger partial charge in [0.2, 0.25) is 5.95 Å². The van der Waals surface area contributed by atoms with Crippen molar-refractivity contribution in [2.24, 2.45) is 0 Å². The van der Waals surface area contributed by atoms with Crippen LogP contribution in [0.5, 0.6) is 5.75 Å². The number of benzene rings is 1. The van der Waals surface area contributed by atoms with Gasteiger partial charge >= 0.3 is 0 Å². The second-order valence-electron chi connectivity index (χ2n) is 11.5. The number of aromatic nitrogens is 6. The molecule has 1 saturated heterocycles. The van der Waals surface area contributed by atoms with E-state index in [2.05, 4.69) is 70.8 Å². The molecular formula is C31H43N9O. The van der Waals surface area contributed by atoms with Crippen molar-refractivity contribution in [3.05, 3.63) is 53.2 Å². The maximum absolute atomic E-state index is 6.01. The number of methoxy groups -OCH3 is 1. The Morgan fingerprint density at radius 2 is 1.90 bits per heavy atom. The number of hydrogen-bond acceptors (Lipinski definition) is 8. The van der Waals surface area contributed by atoms with Gasteiger partial charge in [-0.2, -0.15) is 4.98 Å². The summed E-state index contributed by atoms with van der Waals surface area (Å²) in [5.41, 5.74) is 10.2. The second kappa shape index (κ2) is 12.5. The van der Waals surface area contributed by atoms with Gasteiger partial charge in [0, 0.05) is 43.7 Å². The molecule has 0 radical (unpaired) electrons. The normalized spacial score (nSPS) is 16.2. The largest absolute Gasteiger partial charge is 0.496 e. The molecule has 0 atom stereocenters. The molecule has 41 heavy (non-hydrogen) atoms. The minimum Gasteiger partial charge on any atom is -0.496 e. The summed E-state index contributed by atoms with van der Waals surface area (Å²) in [5, 5.41) is 12.6. The first-order valence-corrected chi connectivity index (χ1v) is 15.3. The third kappa shape index (κ3) is 6.02. The monoisotopic (exact) mass is 557 g/mol. The quantitative estimate of drug-likeness (QED) is 0.248. The van der Waals surface area contributed by atoms with Gasteiger partial charge in [0.1, 0.15) is 22.9 Å². The van der Waals surface area contributed by atoms with E-state index >= 15 is 0 Å². The molecule has 1 fully saturated rings. The second-order valence-corrected chi connectivity index (χ2v) is 11.5. The Morgan fingerprint density at radius 3 is 2.73 bits per heavy atom. The standard InChI is InChI=1S/C31H43N9O/c1-3-4-6-14-33-29-28-25(34-31(32)35-29)13-18-39(28)21-24-10-9-22(19-26(24)41-2)20-38-16-11-23(12-17-38)30-37-36-27-8-5-7-15-40(27)30/h9-10,13,18-19,23H,3-8,11-12,14-17,20-21H2,1-2H3,(H3,32,33,34,35). The van der Waals surface area contributed by atoms with Gasteiger partial charge in [-0.05, 0) is 62.9 Å². The predicted molar refractivity (Wildman–Crippen MR) is 162 cm³/mol. The van der Waals surface area contributed by atoms with E-state index in [1.54, 1.807) is 7.11 Å². The summed E-state index contributed by atoms with van der Waals surface area (Å²) < 4.78 is 10.5. The zero-order valence-electron chi connectivity index (χ0n) is 24.5. The summed E-state index contributed by atoms with van der Waals surface area (Å²) in [7, 11) is 1.76. The van der Waals surface area contributed by atoms with Gasteiger partial charge < -0.3 is 24.9 Å². The fourth-order valence-electron chi connectivity index (χ4n) is 6.40. The van der Waals surface area contributed by atoms with Crippen LogP contribution in [0.3, 0.4) is 0 Å². The average Bonchev–Trinajstić information content (AvgIpc) is 3.61. The number of ether oxygens (including phenoxy) is 1. The van der Waals surface area contributed by atoms with E-state index in [1.165, 1.54) is 42.9 Å². The summed E-state index contributed by atoms with van der Waals surface area (Å²) in [4.78, 5) is 11.5. The van der Waals surface area contributed by atoms with Crippen molar-refractivity contribution in [2.75, 3.05) is 37.8 Å². The number of nitrogens with two attached hydrogens (primary N) is 1. The van der Waals surface area contributed by atoms with E-state index in [0.717, 1.165) is 86.6 Å². The molecule has 0 unspecified atom stereocenters. The lowest BCUT2D eigenvalue weighted by Crippen LogP contribution is -2.33. The summed E-state index contributed by atoms with van der Waals surface area (Å²) >= 11 is 0. The van der Waals surface area contributed by atoms with Gasteiger partial charge in [-0.3, -0.25) is 4.90 Å². The molecule has 3 aromatic heterocycles. The Hall–Kier alpha value is -3.66. The molecule has 218 valence electrons. The first-order chi connectivity index (χ1) is 20.1. The van der Waals surface area contributed by atoms with Crippen molar-refractivity contribution >= 4 is 22.8 Å². The number of piperidine rings is 1. The number of rotatable bonds is 11. The number of aryl methyl sites for hydroxylation is 1. The molecule has 6 rings (SSSR count). The van der Waals surface area contributed by atoms with E-state index in [9.17, 15) is 0 Å². The first kappa shape index (κ1) is 27.5. The summed E-state index contributed by atoms with van der Waals surface area (Å²) in [6.07, 6.45) is 11.3. The van der Waals surface area contributed by atoms with Crippen LogP contribution in [0.25, 0.3) is 11.0 Å². The third-order valence-corrected chi connectivity index (χ3v) is 8.64. The van der Waals surface area contributed by atoms with E-state index in [0.29, 0.717) is 18.4 Å². The van der Waals surface area contributed by atoms with Crippen molar-refractivity contribution in [1.82, 2.24) is 34.2 Å². The molecule has 0 aliphatic carbocycles. The van der Waals surface area contributed by atoms with Crippen LogP contribution in [0.2, 0.25) is 0 Å². The van der Waals surface area contributed by atoms with E-state index in [1.807, 2.05) is 6.07 Å². The van der Waals surface area contributed by atoms with Crippen LogP contribution in [0.1, 0.15) is 80.6 Å². The molecule has 10 heteroatoms. The number of nitrogen functional groups attached to an aromatic ring is 1. The van der Waals surface area contributed by atoms with Crippen molar-refractivity contribution in [3.8, 4) is 5.75 Å². The smallest absolute Gasteiger partial charge is 0.222 e. The van der Waals surface area contributed by atoms with Crippen LogP contribution in [0.4, 0.5) is 11.8 Å². The lowest BCUT2D eigenvalue weighted by atomic mass is 9.95. The molecule has 5 heterocycles. The van der Waals surface area contributed by atoms with Crippen LogP contribution < -0.4 is 15.8 Å². The third-order valence-electron chi connectivity index (χ3n) is 8.64. The zero-order valence-corrected chi connectivity index (χ0v) is 24.5. The minimum absolute atomic E-state index is 0.292. The van der Waals surface area contributed by atoms with Crippen molar-refractivity contribution in [2.45, 2.75) is 83.8 Å². The van der Waals surface area contributed by atoms with Crippen LogP contribution in [-0.4, -0.2) is 60.9 Å².